The first-order chi connectivity index (χ1) is 12.7. The number of amides is 1. The summed E-state index contributed by atoms with van der Waals surface area (Å²) in [6, 6.07) is 11.6. The molecule has 0 atom stereocenters. The monoisotopic (exact) mass is 365 g/mol. The first kappa shape index (κ1) is 16.9. The Kier molecular flexibility index (Phi) is 4.53. The summed E-state index contributed by atoms with van der Waals surface area (Å²) in [5.41, 5.74) is 1.64. The maximum atomic E-state index is 12.7. The van der Waals surface area contributed by atoms with Crippen molar-refractivity contribution < 1.29 is 9.59 Å². The summed E-state index contributed by atoms with van der Waals surface area (Å²) in [4.78, 5) is 33.1. The van der Waals surface area contributed by atoms with Crippen molar-refractivity contribution in [1.29, 1.82) is 0 Å². The summed E-state index contributed by atoms with van der Waals surface area (Å²) in [5.74, 6) is 0.0610. The molecule has 0 bridgehead atoms. The van der Waals surface area contributed by atoms with Gasteiger partial charge in [0.1, 0.15) is 9.88 Å². The van der Waals surface area contributed by atoms with Gasteiger partial charge in [0.15, 0.2) is 6.29 Å². The molecule has 4 rings (SSSR count). The molecule has 6 heteroatoms. The molecule has 2 heterocycles. The third-order valence-electron chi connectivity index (χ3n) is 4.80. The largest absolute Gasteiger partial charge is 0.335 e. The van der Waals surface area contributed by atoms with E-state index in [1.165, 1.54) is 11.3 Å². The summed E-state index contributed by atoms with van der Waals surface area (Å²) in [6.07, 6.45) is 2.55. The van der Waals surface area contributed by atoms with Gasteiger partial charge in [0, 0.05) is 37.3 Å². The molecule has 1 aliphatic heterocycles. The van der Waals surface area contributed by atoms with Gasteiger partial charge >= 0.3 is 0 Å². The number of aromatic nitrogens is 1. The van der Waals surface area contributed by atoms with Crippen LogP contribution in [0.3, 0.4) is 0 Å². The third-order valence-corrected chi connectivity index (χ3v) is 5.83. The molecule has 3 aromatic rings. The molecule has 0 N–H and O–H groups in total. The van der Waals surface area contributed by atoms with Gasteiger partial charge in [-0.05, 0) is 23.9 Å². The summed E-state index contributed by atoms with van der Waals surface area (Å²) < 4.78 is 0. The Morgan fingerprint density at radius 2 is 1.96 bits per heavy atom. The highest BCUT2D eigenvalue weighted by molar-refractivity contribution is 7.16. The van der Waals surface area contributed by atoms with Crippen LogP contribution >= 0.6 is 11.3 Å². The van der Waals surface area contributed by atoms with E-state index in [2.05, 4.69) is 16.9 Å². The second kappa shape index (κ2) is 6.97. The number of hydrogen-bond acceptors (Lipinski definition) is 5. The molecule has 0 spiro atoms. The first-order valence-corrected chi connectivity index (χ1v) is 9.39. The Labute approximate surface area is 155 Å². The molecule has 26 heavy (non-hydrogen) atoms. The molecule has 2 aromatic carbocycles. The highest BCUT2D eigenvalue weighted by Crippen LogP contribution is 2.29. The van der Waals surface area contributed by atoms with Crippen molar-refractivity contribution in [3.63, 3.8) is 0 Å². The van der Waals surface area contributed by atoms with Crippen LogP contribution in [0.15, 0.2) is 42.6 Å². The summed E-state index contributed by atoms with van der Waals surface area (Å²) in [7, 11) is 2.07. The van der Waals surface area contributed by atoms with Crippen molar-refractivity contribution >= 4 is 34.3 Å². The van der Waals surface area contributed by atoms with E-state index in [1.807, 2.05) is 41.3 Å². The zero-order chi connectivity index (χ0) is 18.1. The van der Waals surface area contributed by atoms with Gasteiger partial charge in [-0.2, -0.15) is 0 Å². The SMILES string of the molecule is CN1CCN(C(=O)c2cnc(-c3ccc4c(C=O)cccc4c3)s2)CC1. The number of fused-ring (bicyclic) bond motifs is 1. The molecule has 1 aliphatic rings. The summed E-state index contributed by atoms with van der Waals surface area (Å²) in [6.45, 7) is 3.32. The fraction of sp³-hybridized carbons (Fsp3) is 0.250. The minimum atomic E-state index is 0.0610. The van der Waals surface area contributed by atoms with Gasteiger partial charge in [-0.25, -0.2) is 4.98 Å². The van der Waals surface area contributed by atoms with Crippen molar-refractivity contribution in [3.05, 3.63) is 53.0 Å². The molecule has 1 fully saturated rings. The first-order valence-electron chi connectivity index (χ1n) is 8.58. The van der Waals surface area contributed by atoms with Gasteiger partial charge in [0.05, 0.1) is 6.20 Å². The smallest absolute Gasteiger partial charge is 0.265 e. The van der Waals surface area contributed by atoms with Crippen LogP contribution in [0, 0.1) is 0 Å². The van der Waals surface area contributed by atoms with Crippen molar-refractivity contribution in [3.8, 4) is 10.6 Å². The summed E-state index contributed by atoms with van der Waals surface area (Å²) in [5, 5.41) is 2.74. The minimum Gasteiger partial charge on any atom is -0.335 e. The number of thiazole rings is 1. The quantitative estimate of drug-likeness (QED) is 0.669. The average molecular weight is 365 g/mol. The normalized spacial score (nSPS) is 15.3. The molecule has 0 saturated carbocycles. The van der Waals surface area contributed by atoms with E-state index >= 15 is 0 Å². The number of rotatable bonds is 3. The molecule has 1 saturated heterocycles. The number of carbonyl (C=O) groups is 2. The maximum absolute atomic E-state index is 12.7. The van der Waals surface area contributed by atoms with Gasteiger partial charge in [-0.1, -0.05) is 30.3 Å². The number of aldehydes is 1. The Morgan fingerprint density at radius 3 is 2.73 bits per heavy atom. The highest BCUT2D eigenvalue weighted by atomic mass is 32.1. The van der Waals surface area contributed by atoms with E-state index < -0.39 is 0 Å². The summed E-state index contributed by atoms with van der Waals surface area (Å²) >= 11 is 1.42. The van der Waals surface area contributed by atoms with E-state index in [0.29, 0.717) is 10.4 Å². The van der Waals surface area contributed by atoms with Gasteiger partial charge in [-0.15, -0.1) is 11.3 Å². The molecule has 1 aromatic heterocycles. The predicted molar refractivity (Wildman–Crippen MR) is 104 cm³/mol. The van der Waals surface area contributed by atoms with Crippen molar-refractivity contribution in [1.82, 2.24) is 14.8 Å². The van der Waals surface area contributed by atoms with Crippen molar-refractivity contribution in [2.24, 2.45) is 0 Å². The van der Waals surface area contributed by atoms with Crippen LogP contribution in [0.2, 0.25) is 0 Å². The Morgan fingerprint density at radius 1 is 1.15 bits per heavy atom. The fourth-order valence-electron chi connectivity index (χ4n) is 3.22. The molecule has 0 unspecified atom stereocenters. The number of nitrogens with zero attached hydrogens (tertiary/aromatic N) is 3. The predicted octanol–water partition coefficient (Wildman–Crippen LogP) is 3.16. The number of piperazine rings is 1. The van der Waals surface area contributed by atoms with Crippen LogP contribution in [-0.2, 0) is 0 Å². The Hall–Kier alpha value is -2.57. The molecule has 0 radical (unpaired) electrons. The average Bonchev–Trinajstić information content (AvgIpc) is 3.17. The zero-order valence-corrected chi connectivity index (χ0v) is 15.3. The lowest BCUT2D eigenvalue weighted by molar-refractivity contribution is 0.0668. The molecule has 132 valence electrons. The molecule has 0 aliphatic carbocycles. The lowest BCUT2D eigenvalue weighted by Gasteiger charge is -2.32. The van der Waals surface area contributed by atoms with E-state index in [1.54, 1.807) is 6.20 Å². The molecular weight excluding hydrogens is 346 g/mol. The van der Waals surface area contributed by atoms with Gasteiger partial charge in [-0.3, -0.25) is 9.59 Å². The van der Waals surface area contributed by atoms with E-state index in [-0.39, 0.29) is 5.91 Å². The van der Waals surface area contributed by atoms with Crippen molar-refractivity contribution in [2.45, 2.75) is 0 Å². The lowest BCUT2D eigenvalue weighted by Crippen LogP contribution is -2.46. The number of likely N-dealkylation sites (N-methyl/N-ethyl adjacent to an activating group) is 1. The topological polar surface area (TPSA) is 53.5 Å². The Bertz CT molecular complexity index is 974. The fourth-order valence-corrected chi connectivity index (χ4v) is 4.10. The van der Waals surface area contributed by atoms with Gasteiger partial charge in [0.2, 0.25) is 0 Å². The van der Waals surface area contributed by atoms with Gasteiger partial charge < -0.3 is 9.80 Å². The lowest BCUT2D eigenvalue weighted by atomic mass is 10.0. The molecule has 1 amide bonds. The second-order valence-electron chi connectivity index (χ2n) is 6.53. The molecule has 5 nitrogen and oxygen atoms in total. The number of benzene rings is 2. The molecular formula is C20H19N3O2S. The maximum Gasteiger partial charge on any atom is 0.265 e. The zero-order valence-electron chi connectivity index (χ0n) is 14.5. The second-order valence-corrected chi connectivity index (χ2v) is 7.56. The minimum absolute atomic E-state index is 0.0610. The van der Waals surface area contributed by atoms with E-state index in [9.17, 15) is 9.59 Å². The van der Waals surface area contributed by atoms with Crippen LogP contribution in [0.5, 0.6) is 0 Å². The van der Waals surface area contributed by atoms with Crippen molar-refractivity contribution in [2.75, 3.05) is 33.2 Å². The Balaban J connectivity index is 1.60. The highest BCUT2D eigenvalue weighted by Gasteiger charge is 2.22. The third kappa shape index (κ3) is 3.13. The van der Waals surface area contributed by atoms with Crippen LogP contribution in [0.25, 0.3) is 21.3 Å². The van der Waals surface area contributed by atoms with Crippen LogP contribution < -0.4 is 0 Å². The number of hydrogen-bond donors (Lipinski definition) is 0. The van der Waals surface area contributed by atoms with Crippen LogP contribution in [-0.4, -0.2) is 60.2 Å². The standard InChI is InChI=1S/C20H19N3O2S/c1-22-7-9-23(10-8-22)20(25)18-12-21-19(26-18)15-5-6-17-14(11-15)3-2-4-16(17)13-24/h2-6,11-13H,7-10H2,1H3. The van der Waals surface area contributed by atoms with Crippen LogP contribution in [0.1, 0.15) is 20.0 Å². The van der Waals surface area contributed by atoms with E-state index in [0.717, 1.165) is 53.8 Å². The van der Waals surface area contributed by atoms with Crippen LogP contribution in [0.4, 0.5) is 0 Å². The van der Waals surface area contributed by atoms with Gasteiger partial charge in [0.25, 0.3) is 5.91 Å². The van der Waals surface area contributed by atoms with E-state index in [4.69, 9.17) is 0 Å². The number of carbonyl (C=O) groups excluding carboxylic acids is 2.